The molecule has 0 aromatic heterocycles. The molecule has 1 amide bonds. The first kappa shape index (κ1) is 25.5. The van der Waals surface area contributed by atoms with Crippen LogP contribution in [0.5, 0.6) is 11.5 Å². The summed E-state index contributed by atoms with van der Waals surface area (Å²) in [7, 11) is -0.875. The minimum atomic E-state index is -3.85. The van der Waals surface area contributed by atoms with E-state index in [9.17, 15) is 13.2 Å². The van der Waals surface area contributed by atoms with Gasteiger partial charge in [0.1, 0.15) is 11.5 Å². The molecule has 0 aliphatic carbocycles. The zero-order chi connectivity index (χ0) is 25.5. The summed E-state index contributed by atoms with van der Waals surface area (Å²) in [5.74, 6) is 0.795. The van der Waals surface area contributed by atoms with Gasteiger partial charge in [0.05, 0.1) is 24.8 Å². The summed E-state index contributed by atoms with van der Waals surface area (Å²) < 4.78 is 38.7. The lowest BCUT2D eigenvalue weighted by atomic mass is 9.95. The van der Waals surface area contributed by atoms with Crippen molar-refractivity contribution in [2.75, 3.05) is 37.3 Å². The molecule has 9 heteroatoms. The lowest BCUT2D eigenvalue weighted by molar-refractivity contribution is -0.121. The molecule has 2 N–H and O–H groups in total. The van der Waals surface area contributed by atoms with Gasteiger partial charge in [0.25, 0.3) is 10.0 Å². The van der Waals surface area contributed by atoms with Crippen molar-refractivity contribution >= 4 is 27.3 Å². The molecular formula is C27H31N3O5S. The van der Waals surface area contributed by atoms with E-state index in [0.29, 0.717) is 22.9 Å². The Morgan fingerprint density at radius 1 is 0.944 bits per heavy atom. The third-order valence-corrected chi connectivity index (χ3v) is 7.67. The quantitative estimate of drug-likeness (QED) is 0.445. The standard InChI is InChI=1S/C27H31N3O5S/c1-34-23-10-13-25(26(18-23)35-2)29-36(32,33)24-11-8-22(9-12-24)28-27(31)21-14-16-30(17-15-21)19-20-6-4-3-5-7-20/h3-13,18,21,29H,14-17,19H2,1-2H3,(H,28,31). The van der Waals surface area contributed by atoms with Crippen LogP contribution in [0.3, 0.4) is 0 Å². The third-order valence-electron chi connectivity index (χ3n) is 6.29. The smallest absolute Gasteiger partial charge is 0.262 e. The van der Waals surface area contributed by atoms with Gasteiger partial charge in [-0.1, -0.05) is 30.3 Å². The van der Waals surface area contributed by atoms with Crippen molar-refractivity contribution in [2.45, 2.75) is 24.3 Å². The van der Waals surface area contributed by atoms with Crippen LogP contribution in [0.25, 0.3) is 0 Å². The number of benzene rings is 3. The number of carbonyl (C=O) groups is 1. The van der Waals surface area contributed by atoms with E-state index in [2.05, 4.69) is 27.1 Å². The summed E-state index contributed by atoms with van der Waals surface area (Å²) in [5.41, 5.74) is 2.14. The van der Waals surface area contributed by atoms with E-state index < -0.39 is 10.0 Å². The molecule has 1 fully saturated rings. The van der Waals surface area contributed by atoms with E-state index in [1.807, 2.05) is 18.2 Å². The second-order valence-corrected chi connectivity index (χ2v) is 10.4. The highest BCUT2D eigenvalue weighted by Crippen LogP contribution is 2.31. The maximum atomic E-state index is 12.9. The minimum absolute atomic E-state index is 0.0361. The highest BCUT2D eigenvalue weighted by molar-refractivity contribution is 7.92. The zero-order valence-corrected chi connectivity index (χ0v) is 21.3. The van der Waals surface area contributed by atoms with Gasteiger partial charge in [0.15, 0.2) is 0 Å². The SMILES string of the molecule is COc1ccc(NS(=O)(=O)c2ccc(NC(=O)C3CCN(Cc4ccccc4)CC3)cc2)c(OC)c1. The maximum absolute atomic E-state index is 12.9. The average molecular weight is 510 g/mol. The van der Waals surface area contributed by atoms with Crippen LogP contribution in [0.15, 0.2) is 77.7 Å². The number of hydrogen-bond donors (Lipinski definition) is 2. The van der Waals surface area contributed by atoms with Gasteiger partial charge in [-0.15, -0.1) is 0 Å². The molecule has 0 bridgehead atoms. The van der Waals surface area contributed by atoms with Gasteiger partial charge in [-0.2, -0.15) is 0 Å². The molecule has 0 atom stereocenters. The number of likely N-dealkylation sites (tertiary alicyclic amines) is 1. The molecular weight excluding hydrogens is 478 g/mol. The van der Waals surface area contributed by atoms with Crippen molar-refractivity contribution in [3.63, 3.8) is 0 Å². The summed E-state index contributed by atoms with van der Waals surface area (Å²) in [6, 6.07) is 21.3. The highest BCUT2D eigenvalue weighted by Gasteiger charge is 2.25. The number of piperidine rings is 1. The molecule has 4 rings (SSSR count). The summed E-state index contributed by atoms with van der Waals surface area (Å²) >= 11 is 0. The lowest BCUT2D eigenvalue weighted by Gasteiger charge is -2.31. The minimum Gasteiger partial charge on any atom is -0.497 e. The van der Waals surface area contributed by atoms with Crippen LogP contribution in [-0.4, -0.2) is 46.5 Å². The Hall–Kier alpha value is -3.56. The van der Waals surface area contributed by atoms with Crippen molar-refractivity contribution in [1.82, 2.24) is 4.90 Å². The van der Waals surface area contributed by atoms with Crippen LogP contribution in [-0.2, 0) is 21.4 Å². The van der Waals surface area contributed by atoms with E-state index in [-0.39, 0.29) is 16.7 Å². The van der Waals surface area contributed by atoms with E-state index in [1.165, 1.54) is 31.9 Å². The van der Waals surface area contributed by atoms with Gasteiger partial charge in [0, 0.05) is 24.2 Å². The fourth-order valence-corrected chi connectivity index (χ4v) is 5.31. The molecule has 1 heterocycles. The molecule has 1 saturated heterocycles. The summed E-state index contributed by atoms with van der Waals surface area (Å²) in [5, 5.41) is 2.93. The van der Waals surface area contributed by atoms with Crippen LogP contribution >= 0.6 is 0 Å². The van der Waals surface area contributed by atoms with Crippen molar-refractivity contribution in [3.8, 4) is 11.5 Å². The second kappa shape index (κ2) is 11.5. The number of hydrogen-bond acceptors (Lipinski definition) is 6. The maximum Gasteiger partial charge on any atom is 0.262 e. The summed E-state index contributed by atoms with van der Waals surface area (Å²) in [4.78, 5) is 15.2. The van der Waals surface area contributed by atoms with Gasteiger partial charge >= 0.3 is 0 Å². The lowest BCUT2D eigenvalue weighted by Crippen LogP contribution is -2.37. The fraction of sp³-hybridized carbons (Fsp3) is 0.296. The molecule has 3 aromatic rings. The Bertz CT molecular complexity index is 1270. The van der Waals surface area contributed by atoms with Crippen molar-refractivity contribution in [3.05, 3.63) is 78.4 Å². The second-order valence-electron chi connectivity index (χ2n) is 8.72. The number of nitrogens with zero attached hydrogens (tertiary/aromatic N) is 1. The topological polar surface area (TPSA) is 97.0 Å². The number of amides is 1. The Labute approximate surface area is 212 Å². The van der Waals surface area contributed by atoms with Crippen LogP contribution in [0.1, 0.15) is 18.4 Å². The molecule has 1 aliphatic heterocycles. The van der Waals surface area contributed by atoms with Crippen LogP contribution in [0, 0.1) is 5.92 Å². The average Bonchev–Trinajstić information content (AvgIpc) is 2.90. The highest BCUT2D eigenvalue weighted by atomic mass is 32.2. The molecule has 36 heavy (non-hydrogen) atoms. The molecule has 0 saturated carbocycles. The summed E-state index contributed by atoms with van der Waals surface area (Å²) in [6.07, 6.45) is 1.58. The fourth-order valence-electron chi connectivity index (χ4n) is 4.24. The van der Waals surface area contributed by atoms with Crippen molar-refractivity contribution in [1.29, 1.82) is 0 Å². The van der Waals surface area contributed by atoms with Gasteiger partial charge in [-0.05, 0) is 67.9 Å². The van der Waals surface area contributed by atoms with Crippen molar-refractivity contribution < 1.29 is 22.7 Å². The first-order valence-electron chi connectivity index (χ1n) is 11.8. The number of ether oxygens (including phenoxy) is 2. The predicted molar refractivity (Wildman–Crippen MR) is 140 cm³/mol. The van der Waals surface area contributed by atoms with Crippen LogP contribution < -0.4 is 19.5 Å². The Morgan fingerprint density at radius 2 is 1.64 bits per heavy atom. The molecule has 0 unspecified atom stereocenters. The molecule has 190 valence electrons. The number of nitrogens with one attached hydrogen (secondary N) is 2. The number of anilines is 2. The Morgan fingerprint density at radius 3 is 2.28 bits per heavy atom. The van der Waals surface area contributed by atoms with E-state index in [0.717, 1.165) is 32.5 Å². The molecule has 0 radical (unpaired) electrons. The number of methoxy groups -OCH3 is 2. The van der Waals surface area contributed by atoms with Crippen LogP contribution in [0.2, 0.25) is 0 Å². The number of sulfonamides is 1. The van der Waals surface area contributed by atoms with Gasteiger partial charge in [-0.25, -0.2) is 8.42 Å². The Kier molecular flexibility index (Phi) is 8.12. The molecule has 8 nitrogen and oxygen atoms in total. The van der Waals surface area contributed by atoms with E-state index >= 15 is 0 Å². The van der Waals surface area contributed by atoms with Gasteiger partial charge < -0.3 is 14.8 Å². The predicted octanol–water partition coefficient (Wildman–Crippen LogP) is 4.36. The Balaban J connectivity index is 1.32. The molecule has 0 spiro atoms. The third kappa shape index (κ3) is 6.35. The number of rotatable bonds is 9. The largest absolute Gasteiger partial charge is 0.497 e. The van der Waals surface area contributed by atoms with Gasteiger partial charge in [-0.3, -0.25) is 14.4 Å². The normalized spacial score (nSPS) is 14.7. The monoisotopic (exact) mass is 509 g/mol. The summed E-state index contributed by atoms with van der Waals surface area (Å²) in [6.45, 7) is 2.62. The molecule has 1 aliphatic rings. The first-order chi connectivity index (χ1) is 17.4. The van der Waals surface area contributed by atoms with Gasteiger partial charge in [0.2, 0.25) is 5.91 Å². The number of carbonyl (C=O) groups excluding carboxylic acids is 1. The first-order valence-corrected chi connectivity index (χ1v) is 13.3. The van der Waals surface area contributed by atoms with Crippen molar-refractivity contribution in [2.24, 2.45) is 5.92 Å². The van der Waals surface area contributed by atoms with E-state index in [1.54, 1.807) is 30.3 Å². The van der Waals surface area contributed by atoms with Crippen LogP contribution in [0.4, 0.5) is 11.4 Å². The van der Waals surface area contributed by atoms with E-state index in [4.69, 9.17) is 9.47 Å². The zero-order valence-electron chi connectivity index (χ0n) is 20.4. The molecule has 3 aromatic carbocycles.